The number of Topliss-reactive ketones (excluding diaryl/α,β-unsaturated/α-hetero) is 2. The fourth-order valence-corrected chi connectivity index (χ4v) is 2.47. The van der Waals surface area contributed by atoms with Crippen LogP contribution in [0.4, 0.5) is 0 Å². The minimum Gasteiger partial charge on any atom is -0.294 e. The number of thioether (sulfide) groups is 2. The van der Waals surface area contributed by atoms with Crippen molar-refractivity contribution in [2.45, 2.75) is 13.8 Å². The molecule has 0 saturated heterocycles. The Bertz CT molecular complexity index is 209. The molecule has 0 rings (SSSR count). The van der Waals surface area contributed by atoms with Crippen LogP contribution in [0.15, 0.2) is 9.81 Å². The third kappa shape index (κ3) is 3.03. The summed E-state index contributed by atoms with van der Waals surface area (Å²) in [5, 5.41) is 0. The predicted molar refractivity (Wildman–Crippen MR) is 55.4 cm³/mol. The van der Waals surface area contributed by atoms with Gasteiger partial charge in [-0.15, -0.1) is 23.5 Å². The van der Waals surface area contributed by atoms with Crippen LogP contribution in [0.25, 0.3) is 0 Å². The molecule has 0 N–H and O–H groups in total. The summed E-state index contributed by atoms with van der Waals surface area (Å²) < 4.78 is 0.801. The molecule has 0 atom stereocenters. The van der Waals surface area contributed by atoms with Crippen molar-refractivity contribution < 1.29 is 9.59 Å². The summed E-state index contributed by atoms with van der Waals surface area (Å²) in [6.07, 6.45) is 3.72. The minimum absolute atomic E-state index is 0.152. The van der Waals surface area contributed by atoms with E-state index in [0.29, 0.717) is 5.57 Å². The Morgan fingerprint density at radius 2 is 1.25 bits per heavy atom. The molecule has 0 amide bonds. The second-order valence-electron chi connectivity index (χ2n) is 2.18. The highest BCUT2D eigenvalue weighted by atomic mass is 32.2. The Kier molecular flexibility index (Phi) is 5.33. The lowest BCUT2D eigenvalue weighted by Crippen LogP contribution is -2.07. The van der Waals surface area contributed by atoms with Gasteiger partial charge in [0.25, 0.3) is 0 Å². The summed E-state index contributed by atoms with van der Waals surface area (Å²) >= 11 is 2.87. The molecule has 0 fully saturated rings. The summed E-state index contributed by atoms with van der Waals surface area (Å²) in [7, 11) is 0. The average Bonchev–Trinajstić information content (AvgIpc) is 1.98. The van der Waals surface area contributed by atoms with Crippen LogP contribution >= 0.6 is 23.5 Å². The molecular formula is C8H12O2S2. The standard InChI is InChI=1S/C8H12O2S2/c1-5(9)7(6(2)10)8(11-3)12-4/h1-4H3. The van der Waals surface area contributed by atoms with Gasteiger partial charge in [-0.3, -0.25) is 9.59 Å². The first-order chi connectivity index (χ1) is 5.54. The van der Waals surface area contributed by atoms with Crippen LogP contribution in [0.5, 0.6) is 0 Å². The van der Waals surface area contributed by atoms with Crippen LogP contribution in [0, 0.1) is 0 Å². The van der Waals surface area contributed by atoms with E-state index in [-0.39, 0.29) is 11.6 Å². The van der Waals surface area contributed by atoms with Gasteiger partial charge >= 0.3 is 0 Å². The van der Waals surface area contributed by atoms with E-state index in [1.165, 1.54) is 37.4 Å². The van der Waals surface area contributed by atoms with E-state index in [0.717, 1.165) is 4.24 Å². The number of rotatable bonds is 4. The van der Waals surface area contributed by atoms with Crippen LogP contribution in [-0.4, -0.2) is 24.1 Å². The van der Waals surface area contributed by atoms with Gasteiger partial charge in [-0.1, -0.05) is 0 Å². The molecule has 0 aromatic rings. The van der Waals surface area contributed by atoms with Crippen molar-refractivity contribution >= 4 is 35.1 Å². The van der Waals surface area contributed by atoms with Crippen molar-refractivity contribution in [2.24, 2.45) is 0 Å². The van der Waals surface area contributed by atoms with Gasteiger partial charge < -0.3 is 0 Å². The first-order valence-corrected chi connectivity index (χ1v) is 5.83. The minimum atomic E-state index is -0.152. The zero-order valence-electron chi connectivity index (χ0n) is 7.63. The Hall–Kier alpha value is -0.220. The Balaban J connectivity index is 5.03. The van der Waals surface area contributed by atoms with Crippen LogP contribution in [0.3, 0.4) is 0 Å². The zero-order chi connectivity index (χ0) is 9.72. The van der Waals surface area contributed by atoms with Crippen molar-refractivity contribution in [1.29, 1.82) is 0 Å². The highest BCUT2D eigenvalue weighted by Crippen LogP contribution is 2.28. The maximum absolute atomic E-state index is 11.0. The Morgan fingerprint density at radius 3 is 1.33 bits per heavy atom. The van der Waals surface area contributed by atoms with Gasteiger partial charge in [-0.05, 0) is 26.4 Å². The van der Waals surface area contributed by atoms with Gasteiger partial charge in [0.05, 0.1) is 9.81 Å². The summed E-state index contributed by atoms with van der Waals surface area (Å²) in [6.45, 7) is 2.84. The van der Waals surface area contributed by atoms with Gasteiger partial charge in [-0.25, -0.2) is 0 Å². The van der Waals surface area contributed by atoms with Crippen molar-refractivity contribution in [1.82, 2.24) is 0 Å². The number of carbonyl (C=O) groups excluding carboxylic acids is 2. The lowest BCUT2D eigenvalue weighted by molar-refractivity contribution is -0.119. The molecule has 0 radical (unpaired) electrons. The van der Waals surface area contributed by atoms with Crippen molar-refractivity contribution in [2.75, 3.05) is 12.5 Å². The molecule has 12 heavy (non-hydrogen) atoms. The first kappa shape index (κ1) is 11.8. The maximum Gasteiger partial charge on any atom is 0.165 e. The van der Waals surface area contributed by atoms with Crippen LogP contribution < -0.4 is 0 Å². The SMILES string of the molecule is CSC(SC)=C(C(C)=O)C(C)=O. The lowest BCUT2D eigenvalue weighted by atomic mass is 10.1. The molecule has 0 aliphatic carbocycles. The molecule has 0 aliphatic rings. The summed E-state index contributed by atoms with van der Waals surface area (Å²) in [5.74, 6) is -0.303. The van der Waals surface area contributed by atoms with Crippen LogP contribution in [0.2, 0.25) is 0 Å². The average molecular weight is 204 g/mol. The van der Waals surface area contributed by atoms with E-state index in [1.807, 2.05) is 12.5 Å². The first-order valence-electron chi connectivity index (χ1n) is 3.38. The van der Waals surface area contributed by atoms with E-state index < -0.39 is 0 Å². The highest BCUT2D eigenvalue weighted by molar-refractivity contribution is 8.21. The summed E-state index contributed by atoms with van der Waals surface area (Å²) in [4.78, 5) is 22.1. The second kappa shape index (κ2) is 5.43. The molecule has 0 aliphatic heterocycles. The lowest BCUT2D eigenvalue weighted by Gasteiger charge is -2.04. The maximum atomic E-state index is 11.0. The van der Waals surface area contributed by atoms with E-state index in [9.17, 15) is 9.59 Å². The van der Waals surface area contributed by atoms with Gasteiger partial charge in [-0.2, -0.15) is 0 Å². The molecule has 0 heterocycles. The van der Waals surface area contributed by atoms with Gasteiger partial charge in [0.1, 0.15) is 0 Å². The number of allylic oxidation sites excluding steroid dienone is 1. The molecule has 4 heteroatoms. The van der Waals surface area contributed by atoms with Crippen molar-refractivity contribution in [3.05, 3.63) is 9.81 Å². The molecule has 0 aromatic heterocycles. The molecule has 0 unspecified atom stereocenters. The number of ketones is 2. The monoisotopic (exact) mass is 204 g/mol. The number of hydrogen-bond acceptors (Lipinski definition) is 4. The Labute approximate surface area is 81.2 Å². The van der Waals surface area contributed by atoms with Crippen molar-refractivity contribution in [3.63, 3.8) is 0 Å². The fraction of sp³-hybridized carbons (Fsp3) is 0.500. The van der Waals surface area contributed by atoms with Gasteiger partial charge in [0.15, 0.2) is 11.6 Å². The highest BCUT2D eigenvalue weighted by Gasteiger charge is 2.14. The van der Waals surface area contributed by atoms with Gasteiger partial charge in [0, 0.05) is 0 Å². The topological polar surface area (TPSA) is 34.1 Å². The van der Waals surface area contributed by atoms with E-state index >= 15 is 0 Å². The molecule has 2 nitrogen and oxygen atoms in total. The molecule has 0 aromatic carbocycles. The number of hydrogen-bond donors (Lipinski definition) is 0. The molecule has 0 spiro atoms. The summed E-state index contributed by atoms with van der Waals surface area (Å²) in [5.41, 5.74) is 0.329. The van der Waals surface area contributed by atoms with Gasteiger partial charge in [0.2, 0.25) is 0 Å². The third-order valence-corrected chi connectivity index (χ3v) is 3.43. The zero-order valence-corrected chi connectivity index (χ0v) is 9.27. The van der Waals surface area contributed by atoms with Crippen LogP contribution in [0.1, 0.15) is 13.8 Å². The molecule has 68 valence electrons. The van der Waals surface area contributed by atoms with E-state index in [2.05, 4.69) is 0 Å². The van der Waals surface area contributed by atoms with Crippen LogP contribution in [-0.2, 0) is 9.59 Å². The summed E-state index contributed by atoms with van der Waals surface area (Å²) in [6, 6.07) is 0. The Morgan fingerprint density at radius 1 is 0.917 bits per heavy atom. The smallest absolute Gasteiger partial charge is 0.165 e. The molecule has 0 saturated carbocycles. The largest absolute Gasteiger partial charge is 0.294 e. The number of carbonyl (C=O) groups is 2. The van der Waals surface area contributed by atoms with Crippen molar-refractivity contribution in [3.8, 4) is 0 Å². The normalized spacial score (nSPS) is 9.33. The van der Waals surface area contributed by atoms with E-state index in [4.69, 9.17) is 0 Å². The third-order valence-electron chi connectivity index (χ3n) is 1.28. The second-order valence-corrected chi connectivity index (χ2v) is 4.07. The molecular weight excluding hydrogens is 192 g/mol. The van der Waals surface area contributed by atoms with E-state index in [1.54, 1.807) is 0 Å². The quantitative estimate of drug-likeness (QED) is 0.399. The fourth-order valence-electron chi connectivity index (χ4n) is 0.823. The predicted octanol–water partition coefficient (Wildman–Crippen LogP) is 2.10. The molecule has 0 bridgehead atoms.